The summed E-state index contributed by atoms with van der Waals surface area (Å²) in [6.45, 7) is 0. The van der Waals surface area contributed by atoms with Gasteiger partial charge in [0.25, 0.3) is 0 Å². The summed E-state index contributed by atoms with van der Waals surface area (Å²) in [5.41, 5.74) is 0. The second-order valence-electron chi connectivity index (χ2n) is 2.58. The van der Waals surface area contributed by atoms with Crippen molar-refractivity contribution in [3.63, 3.8) is 0 Å². The maximum Gasteiger partial charge on any atom is 0.308 e. The summed E-state index contributed by atoms with van der Waals surface area (Å²) in [6.07, 6.45) is 0. The molecule has 0 aromatic heterocycles. The van der Waals surface area contributed by atoms with Crippen LogP contribution >= 0.6 is 12.4 Å². The van der Waals surface area contributed by atoms with Gasteiger partial charge < -0.3 is 0 Å². The van der Waals surface area contributed by atoms with Gasteiger partial charge in [0.05, 0.1) is 0 Å². The molecule has 3 nitrogen and oxygen atoms in total. The zero-order valence-electron chi connectivity index (χ0n) is 7.75. The van der Waals surface area contributed by atoms with E-state index in [0.29, 0.717) is 0 Å². The van der Waals surface area contributed by atoms with Gasteiger partial charge in [0.2, 0.25) is 0 Å². The first-order chi connectivity index (χ1) is 6.70. The molecule has 0 spiro atoms. The van der Waals surface area contributed by atoms with E-state index < -0.39 is 10.5 Å². The van der Waals surface area contributed by atoms with Gasteiger partial charge in [-0.1, -0.05) is 48.5 Å². The maximum absolute atomic E-state index is 8.67. The highest BCUT2D eigenvalue weighted by molar-refractivity contribution is 7.60. The summed E-state index contributed by atoms with van der Waals surface area (Å²) < 4.78 is 22.8. The number of fused-ring (bicyclic) bond motifs is 1. The van der Waals surface area contributed by atoms with Crippen LogP contribution in [0.5, 0.6) is 0 Å². The van der Waals surface area contributed by atoms with E-state index in [1.54, 1.807) is 0 Å². The number of hydrogen-bond acceptors (Lipinski definition) is 3. The third-order valence-corrected chi connectivity index (χ3v) is 1.66. The van der Waals surface area contributed by atoms with Crippen molar-refractivity contribution in [1.29, 1.82) is 4.78 Å². The Hall–Kier alpha value is -1.39. The Balaban J connectivity index is 0.000000346. The van der Waals surface area contributed by atoms with E-state index in [-0.39, 0.29) is 12.4 Å². The molecule has 0 amide bonds. The number of hydrogen-bond donors (Lipinski definition) is 1. The molecule has 0 radical (unpaired) electrons. The smallest absolute Gasteiger partial charge is 0.188 e. The highest BCUT2D eigenvalue weighted by Crippen LogP contribution is 2.11. The van der Waals surface area contributed by atoms with Gasteiger partial charge in [-0.2, -0.15) is 13.2 Å². The average Bonchev–Trinajstić information content (AvgIpc) is 2.17. The van der Waals surface area contributed by atoms with Gasteiger partial charge in [-0.25, -0.2) is 0 Å². The van der Waals surface area contributed by atoms with Crippen molar-refractivity contribution in [1.82, 2.24) is 0 Å². The molecule has 0 aliphatic rings. The molecule has 2 aromatic carbocycles. The number of rotatable bonds is 0. The van der Waals surface area contributed by atoms with E-state index in [0.717, 1.165) is 0 Å². The normalized spacial score (nSPS) is 8.27. The van der Waals surface area contributed by atoms with Crippen LogP contribution in [-0.2, 0) is 10.5 Å². The lowest BCUT2D eigenvalue weighted by Crippen LogP contribution is -1.67. The van der Waals surface area contributed by atoms with Crippen LogP contribution in [0.25, 0.3) is 10.8 Å². The SMILES string of the molecule is Cl.N=S(=O)=O.c1ccc2ccccc2c1. The monoisotopic (exact) mass is 243 g/mol. The van der Waals surface area contributed by atoms with Crippen molar-refractivity contribution in [2.75, 3.05) is 0 Å². The maximum atomic E-state index is 8.67. The number of benzene rings is 2. The van der Waals surface area contributed by atoms with Crippen molar-refractivity contribution in [2.45, 2.75) is 0 Å². The summed E-state index contributed by atoms with van der Waals surface area (Å²) >= 11 is 0. The molecule has 1 N–H and O–H groups in total. The van der Waals surface area contributed by atoms with Gasteiger partial charge in [0.15, 0.2) is 0 Å². The molecular formula is C10H10ClNO2S. The summed E-state index contributed by atoms with van der Waals surface area (Å²) in [6, 6.07) is 16.7. The molecular weight excluding hydrogens is 234 g/mol. The topological polar surface area (TPSA) is 58.0 Å². The van der Waals surface area contributed by atoms with Crippen molar-refractivity contribution in [2.24, 2.45) is 0 Å². The zero-order valence-corrected chi connectivity index (χ0v) is 9.38. The minimum atomic E-state index is -2.61. The van der Waals surface area contributed by atoms with Gasteiger partial charge in [-0.05, 0) is 10.8 Å². The molecule has 0 saturated heterocycles. The lowest BCUT2D eigenvalue weighted by molar-refractivity contribution is 0.620. The number of halogens is 1. The summed E-state index contributed by atoms with van der Waals surface area (Å²) in [7, 11) is -2.61. The molecule has 2 rings (SSSR count). The second-order valence-corrected chi connectivity index (χ2v) is 3.05. The molecule has 0 heterocycles. The van der Waals surface area contributed by atoms with Crippen LogP contribution in [0.15, 0.2) is 48.5 Å². The van der Waals surface area contributed by atoms with Gasteiger partial charge >= 0.3 is 10.5 Å². The van der Waals surface area contributed by atoms with Crippen LogP contribution in [0.2, 0.25) is 0 Å². The van der Waals surface area contributed by atoms with Gasteiger partial charge in [-0.15, -0.1) is 12.4 Å². The second kappa shape index (κ2) is 6.98. The third kappa shape index (κ3) is 5.15. The van der Waals surface area contributed by atoms with Gasteiger partial charge in [0, 0.05) is 0 Å². The van der Waals surface area contributed by atoms with Crippen LogP contribution in [-0.4, -0.2) is 8.42 Å². The van der Waals surface area contributed by atoms with Crippen molar-refractivity contribution < 1.29 is 8.42 Å². The van der Waals surface area contributed by atoms with Crippen molar-refractivity contribution in [3.05, 3.63) is 48.5 Å². The standard InChI is InChI=1S/C10H8.ClH.HNO2S/c1-2-6-10-8-4-3-7-9(10)5-1;;1-4(2)3/h1-8H;1H;1H. The summed E-state index contributed by atoms with van der Waals surface area (Å²) in [4.78, 5) is 0. The highest BCUT2D eigenvalue weighted by Gasteiger charge is 1.85. The molecule has 0 unspecified atom stereocenters. The lowest BCUT2D eigenvalue weighted by atomic mass is 10.1. The molecule has 15 heavy (non-hydrogen) atoms. The minimum Gasteiger partial charge on any atom is -0.188 e. The number of nitrogens with one attached hydrogen (secondary N) is 1. The Morgan fingerprint density at radius 1 is 0.800 bits per heavy atom. The Morgan fingerprint density at radius 2 is 1.00 bits per heavy atom. The molecule has 0 saturated carbocycles. The minimum absolute atomic E-state index is 0. The Labute approximate surface area is 95.7 Å². The fraction of sp³-hybridized carbons (Fsp3) is 0. The molecule has 0 atom stereocenters. The Bertz CT molecular complexity index is 453. The molecule has 0 bridgehead atoms. The van der Waals surface area contributed by atoms with E-state index in [2.05, 4.69) is 48.5 Å². The molecule has 0 aliphatic carbocycles. The predicted octanol–water partition coefficient (Wildman–Crippen LogP) is 2.89. The van der Waals surface area contributed by atoms with Crippen LogP contribution in [0, 0.1) is 4.78 Å². The van der Waals surface area contributed by atoms with E-state index >= 15 is 0 Å². The van der Waals surface area contributed by atoms with Crippen LogP contribution < -0.4 is 0 Å². The quantitative estimate of drug-likeness (QED) is 0.774. The lowest BCUT2D eigenvalue weighted by Gasteiger charge is -1.92. The molecule has 5 heteroatoms. The van der Waals surface area contributed by atoms with E-state index in [1.807, 2.05) is 0 Å². The molecule has 2 aromatic rings. The first-order valence-corrected chi connectivity index (χ1v) is 5.02. The largest absolute Gasteiger partial charge is 0.308 e. The van der Waals surface area contributed by atoms with E-state index in [4.69, 9.17) is 13.2 Å². The molecule has 0 aliphatic heterocycles. The Morgan fingerprint density at radius 3 is 1.20 bits per heavy atom. The van der Waals surface area contributed by atoms with Gasteiger partial charge in [0.1, 0.15) is 0 Å². The fourth-order valence-corrected chi connectivity index (χ4v) is 1.13. The van der Waals surface area contributed by atoms with Crippen molar-refractivity contribution >= 4 is 33.7 Å². The van der Waals surface area contributed by atoms with E-state index in [1.165, 1.54) is 10.8 Å². The van der Waals surface area contributed by atoms with Crippen molar-refractivity contribution in [3.8, 4) is 0 Å². The summed E-state index contributed by atoms with van der Waals surface area (Å²) in [5.74, 6) is 0. The zero-order chi connectivity index (χ0) is 10.4. The van der Waals surface area contributed by atoms with Gasteiger partial charge in [-0.3, -0.25) is 0 Å². The fourth-order valence-electron chi connectivity index (χ4n) is 1.13. The third-order valence-electron chi connectivity index (χ3n) is 1.66. The van der Waals surface area contributed by atoms with Crippen LogP contribution in [0.3, 0.4) is 0 Å². The van der Waals surface area contributed by atoms with E-state index in [9.17, 15) is 0 Å². The highest BCUT2D eigenvalue weighted by atomic mass is 35.5. The Kier molecular flexibility index (Phi) is 6.33. The molecule has 80 valence electrons. The van der Waals surface area contributed by atoms with Crippen LogP contribution in [0.1, 0.15) is 0 Å². The first kappa shape index (κ1) is 13.6. The average molecular weight is 244 g/mol. The summed E-state index contributed by atoms with van der Waals surface area (Å²) in [5, 5.41) is 2.62. The first-order valence-electron chi connectivity index (χ1n) is 3.94. The van der Waals surface area contributed by atoms with Crippen LogP contribution in [0.4, 0.5) is 0 Å². The molecule has 0 fully saturated rings. The predicted molar refractivity (Wildman–Crippen MR) is 62.8 cm³/mol.